The SMILES string of the molecule is CN1CCC(N(C)CCCC2CCCNC2)CC1. The summed E-state index contributed by atoms with van der Waals surface area (Å²) in [5.74, 6) is 0.949. The zero-order valence-electron chi connectivity index (χ0n) is 12.3. The molecule has 106 valence electrons. The zero-order chi connectivity index (χ0) is 12.8. The monoisotopic (exact) mass is 253 g/mol. The van der Waals surface area contributed by atoms with E-state index in [0.29, 0.717) is 0 Å². The fraction of sp³-hybridized carbons (Fsp3) is 1.00. The van der Waals surface area contributed by atoms with Gasteiger partial charge in [0.15, 0.2) is 0 Å². The molecule has 2 aliphatic heterocycles. The molecular weight excluding hydrogens is 222 g/mol. The van der Waals surface area contributed by atoms with Crippen LogP contribution >= 0.6 is 0 Å². The first-order valence-electron chi connectivity index (χ1n) is 7.85. The van der Waals surface area contributed by atoms with E-state index in [1.54, 1.807) is 0 Å². The molecule has 3 heteroatoms. The van der Waals surface area contributed by atoms with E-state index in [1.165, 1.54) is 71.2 Å². The first kappa shape index (κ1) is 14.3. The van der Waals surface area contributed by atoms with Crippen molar-refractivity contribution in [1.29, 1.82) is 0 Å². The quantitative estimate of drug-likeness (QED) is 0.806. The summed E-state index contributed by atoms with van der Waals surface area (Å²) >= 11 is 0. The highest BCUT2D eigenvalue weighted by molar-refractivity contribution is 4.77. The third kappa shape index (κ3) is 4.52. The number of hydrogen-bond donors (Lipinski definition) is 1. The lowest BCUT2D eigenvalue weighted by Crippen LogP contribution is -2.42. The van der Waals surface area contributed by atoms with E-state index in [4.69, 9.17) is 0 Å². The van der Waals surface area contributed by atoms with Crippen molar-refractivity contribution in [2.45, 2.75) is 44.6 Å². The normalized spacial score (nSPS) is 27.8. The van der Waals surface area contributed by atoms with Crippen molar-refractivity contribution >= 4 is 0 Å². The highest BCUT2D eigenvalue weighted by Crippen LogP contribution is 2.18. The second-order valence-corrected chi connectivity index (χ2v) is 6.37. The Morgan fingerprint density at radius 3 is 2.67 bits per heavy atom. The predicted molar refractivity (Wildman–Crippen MR) is 78.0 cm³/mol. The largest absolute Gasteiger partial charge is 0.316 e. The summed E-state index contributed by atoms with van der Waals surface area (Å²) < 4.78 is 0. The molecule has 2 aliphatic rings. The second-order valence-electron chi connectivity index (χ2n) is 6.37. The average molecular weight is 253 g/mol. The van der Waals surface area contributed by atoms with Gasteiger partial charge in [0.2, 0.25) is 0 Å². The standard InChI is InChI=1S/C15H31N3/c1-17-11-7-15(8-12-17)18(2)10-4-6-14-5-3-9-16-13-14/h14-16H,3-13H2,1-2H3. The summed E-state index contributed by atoms with van der Waals surface area (Å²) in [6.45, 7) is 6.36. The topological polar surface area (TPSA) is 18.5 Å². The van der Waals surface area contributed by atoms with E-state index in [2.05, 4.69) is 29.2 Å². The third-order valence-corrected chi connectivity index (χ3v) is 4.83. The lowest BCUT2D eigenvalue weighted by Gasteiger charge is -2.35. The van der Waals surface area contributed by atoms with Gasteiger partial charge in [-0.1, -0.05) is 0 Å². The predicted octanol–water partition coefficient (Wildman–Crippen LogP) is 1.79. The van der Waals surface area contributed by atoms with Gasteiger partial charge in [-0.15, -0.1) is 0 Å². The van der Waals surface area contributed by atoms with Crippen LogP contribution in [0.3, 0.4) is 0 Å². The Labute approximate surface area is 113 Å². The first-order valence-corrected chi connectivity index (χ1v) is 7.85. The Bertz CT molecular complexity index is 218. The van der Waals surface area contributed by atoms with Gasteiger partial charge in [-0.05, 0) is 91.3 Å². The van der Waals surface area contributed by atoms with E-state index in [1.807, 2.05) is 0 Å². The van der Waals surface area contributed by atoms with Crippen LogP contribution in [-0.2, 0) is 0 Å². The number of nitrogens with zero attached hydrogens (tertiary/aromatic N) is 2. The van der Waals surface area contributed by atoms with Crippen LogP contribution in [0.2, 0.25) is 0 Å². The van der Waals surface area contributed by atoms with Crippen LogP contribution in [0, 0.1) is 5.92 Å². The van der Waals surface area contributed by atoms with Gasteiger partial charge in [0.05, 0.1) is 0 Å². The number of likely N-dealkylation sites (tertiary alicyclic amines) is 1. The smallest absolute Gasteiger partial charge is 0.0117 e. The molecule has 0 aromatic rings. The molecule has 2 rings (SSSR count). The minimum atomic E-state index is 0.839. The molecule has 2 saturated heterocycles. The molecule has 0 radical (unpaired) electrons. The molecule has 2 heterocycles. The Kier molecular flexibility index (Phi) is 5.93. The van der Waals surface area contributed by atoms with Crippen LogP contribution < -0.4 is 5.32 Å². The number of piperidine rings is 2. The summed E-state index contributed by atoms with van der Waals surface area (Å²) in [4.78, 5) is 5.07. The van der Waals surface area contributed by atoms with Gasteiger partial charge >= 0.3 is 0 Å². The Morgan fingerprint density at radius 1 is 1.22 bits per heavy atom. The van der Waals surface area contributed by atoms with Crippen molar-refractivity contribution in [3.05, 3.63) is 0 Å². The lowest BCUT2D eigenvalue weighted by molar-refractivity contribution is 0.140. The van der Waals surface area contributed by atoms with Gasteiger partial charge in [0, 0.05) is 6.04 Å². The van der Waals surface area contributed by atoms with Gasteiger partial charge in [0.25, 0.3) is 0 Å². The average Bonchev–Trinajstić information content (AvgIpc) is 2.40. The number of hydrogen-bond acceptors (Lipinski definition) is 3. The third-order valence-electron chi connectivity index (χ3n) is 4.83. The summed E-state index contributed by atoms with van der Waals surface area (Å²) in [6, 6.07) is 0.839. The molecule has 1 N–H and O–H groups in total. The van der Waals surface area contributed by atoms with E-state index < -0.39 is 0 Å². The van der Waals surface area contributed by atoms with Gasteiger partial charge in [-0.3, -0.25) is 0 Å². The maximum absolute atomic E-state index is 3.52. The molecule has 1 atom stereocenters. The van der Waals surface area contributed by atoms with E-state index in [9.17, 15) is 0 Å². The fourth-order valence-electron chi connectivity index (χ4n) is 3.42. The molecule has 18 heavy (non-hydrogen) atoms. The van der Waals surface area contributed by atoms with E-state index in [0.717, 1.165) is 12.0 Å². The highest BCUT2D eigenvalue weighted by Gasteiger charge is 2.20. The number of nitrogens with one attached hydrogen (secondary N) is 1. The van der Waals surface area contributed by atoms with Crippen LogP contribution in [0.1, 0.15) is 38.5 Å². The van der Waals surface area contributed by atoms with Crippen LogP contribution in [0.4, 0.5) is 0 Å². The molecular formula is C15H31N3. The van der Waals surface area contributed by atoms with E-state index >= 15 is 0 Å². The summed E-state index contributed by atoms with van der Waals surface area (Å²) in [7, 11) is 4.57. The highest BCUT2D eigenvalue weighted by atomic mass is 15.2. The second kappa shape index (κ2) is 7.46. The van der Waals surface area contributed by atoms with Crippen molar-refractivity contribution in [2.75, 3.05) is 46.8 Å². The minimum absolute atomic E-state index is 0.839. The van der Waals surface area contributed by atoms with Crippen LogP contribution in [0.25, 0.3) is 0 Å². The molecule has 0 saturated carbocycles. The molecule has 3 nitrogen and oxygen atoms in total. The first-order chi connectivity index (χ1) is 8.75. The molecule has 2 fully saturated rings. The number of rotatable bonds is 5. The van der Waals surface area contributed by atoms with Crippen molar-refractivity contribution in [1.82, 2.24) is 15.1 Å². The zero-order valence-corrected chi connectivity index (χ0v) is 12.3. The van der Waals surface area contributed by atoms with Crippen LogP contribution in [0.15, 0.2) is 0 Å². The Morgan fingerprint density at radius 2 is 2.00 bits per heavy atom. The van der Waals surface area contributed by atoms with Crippen LogP contribution in [0.5, 0.6) is 0 Å². The maximum Gasteiger partial charge on any atom is 0.0117 e. The van der Waals surface area contributed by atoms with Crippen molar-refractivity contribution in [3.8, 4) is 0 Å². The van der Waals surface area contributed by atoms with Crippen molar-refractivity contribution < 1.29 is 0 Å². The molecule has 0 amide bonds. The molecule has 0 aromatic heterocycles. The molecule has 1 unspecified atom stereocenters. The Hall–Kier alpha value is -0.120. The van der Waals surface area contributed by atoms with Gasteiger partial charge in [0.1, 0.15) is 0 Å². The van der Waals surface area contributed by atoms with Gasteiger partial charge < -0.3 is 15.1 Å². The Balaban J connectivity index is 1.57. The molecule has 0 aromatic carbocycles. The molecule has 0 aliphatic carbocycles. The van der Waals surface area contributed by atoms with Crippen molar-refractivity contribution in [2.24, 2.45) is 5.92 Å². The molecule has 0 spiro atoms. The van der Waals surface area contributed by atoms with Gasteiger partial charge in [-0.2, -0.15) is 0 Å². The summed E-state index contributed by atoms with van der Waals surface area (Å²) in [5, 5.41) is 3.52. The molecule has 0 bridgehead atoms. The maximum atomic E-state index is 3.52. The van der Waals surface area contributed by atoms with E-state index in [-0.39, 0.29) is 0 Å². The fourth-order valence-corrected chi connectivity index (χ4v) is 3.42. The minimum Gasteiger partial charge on any atom is -0.316 e. The van der Waals surface area contributed by atoms with Crippen LogP contribution in [-0.4, -0.2) is 62.7 Å². The van der Waals surface area contributed by atoms with Gasteiger partial charge in [-0.25, -0.2) is 0 Å². The summed E-state index contributed by atoms with van der Waals surface area (Å²) in [5.41, 5.74) is 0. The summed E-state index contributed by atoms with van der Waals surface area (Å²) in [6.07, 6.45) is 8.36. The lowest BCUT2D eigenvalue weighted by atomic mass is 9.94. The van der Waals surface area contributed by atoms with Crippen molar-refractivity contribution in [3.63, 3.8) is 0 Å².